The Balaban J connectivity index is 1.52. The zero-order valence-corrected chi connectivity index (χ0v) is 19.2. The van der Waals surface area contributed by atoms with Gasteiger partial charge in [-0.1, -0.05) is 52.0 Å². The number of rotatable bonds is 6. The van der Waals surface area contributed by atoms with Crippen molar-refractivity contribution in [2.45, 2.75) is 25.6 Å². The Morgan fingerprint density at radius 1 is 1.30 bits per heavy atom. The van der Waals surface area contributed by atoms with Crippen molar-refractivity contribution < 1.29 is 18.7 Å². The van der Waals surface area contributed by atoms with Crippen LogP contribution in [0.15, 0.2) is 51.8 Å². The van der Waals surface area contributed by atoms with Crippen molar-refractivity contribution in [2.75, 3.05) is 13.2 Å². The first kappa shape index (κ1) is 21.5. The zero-order chi connectivity index (χ0) is 21.1. The average Bonchev–Trinajstić information content (AvgIpc) is 3.33. The molecule has 1 amide bonds. The molecule has 0 bridgehead atoms. The van der Waals surface area contributed by atoms with E-state index >= 15 is 0 Å². The molecule has 8 heteroatoms. The lowest BCUT2D eigenvalue weighted by atomic mass is 10.1. The van der Waals surface area contributed by atoms with Gasteiger partial charge in [0.2, 0.25) is 0 Å². The number of amides is 1. The molecule has 2 aromatic carbocycles. The number of carbonyl (C=O) groups is 1. The summed E-state index contributed by atoms with van der Waals surface area (Å²) in [6, 6.07) is 11.8. The van der Waals surface area contributed by atoms with Crippen molar-refractivity contribution >= 4 is 56.2 Å². The quantitative estimate of drug-likeness (QED) is 0.378. The lowest BCUT2D eigenvalue weighted by Crippen LogP contribution is -2.35. The molecule has 0 radical (unpaired) electrons. The van der Waals surface area contributed by atoms with Crippen molar-refractivity contribution in [2.24, 2.45) is 0 Å². The number of thiocarbonyl (C=S) groups is 1. The van der Waals surface area contributed by atoms with Gasteiger partial charge in [-0.05, 0) is 54.8 Å². The van der Waals surface area contributed by atoms with Gasteiger partial charge in [-0.3, -0.25) is 9.69 Å². The molecule has 30 heavy (non-hydrogen) atoms. The van der Waals surface area contributed by atoms with Crippen LogP contribution in [0.2, 0.25) is 0 Å². The fraction of sp³-hybridized carbons (Fsp3) is 0.273. The second-order valence-corrected chi connectivity index (χ2v) is 9.62. The second-order valence-electron chi connectivity index (χ2n) is 7.02. The molecule has 0 N–H and O–H groups in total. The maximum Gasteiger partial charge on any atom is 0.266 e. The van der Waals surface area contributed by atoms with Gasteiger partial charge in [0.25, 0.3) is 5.91 Å². The Hall–Kier alpha value is -1.74. The lowest BCUT2D eigenvalue weighted by Gasteiger charge is -2.18. The Kier molecular flexibility index (Phi) is 6.87. The molecule has 2 saturated heterocycles. The first-order valence-corrected chi connectivity index (χ1v) is 11.5. The van der Waals surface area contributed by atoms with E-state index in [0.717, 1.165) is 35.0 Å². The highest BCUT2D eigenvalue weighted by atomic mass is 79.9. The van der Waals surface area contributed by atoms with E-state index in [4.69, 9.17) is 21.7 Å². The third-order valence-corrected chi connectivity index (χ3v) is 6.72. The molecule has 156 valence electrons. The van der Waals surface area contributed by atoms with Gasteiger partial charge in [-0.2, -0.15) is 0 Å². The minimum absolute atomic E-state index is 0.0484. The molecule has 0 unspecified atom stereocenters. The maximum atomic E-state index is 13.1. The van der Waals surface area contributed by atoms with Crippen LogP contribution in [-0.4, -0.2) is 34.4 Å². The molecule has 4 rings (SSSR count). The number of hydrogen-bond acceptors (Lipinski definition) is 5. The normalized spacial score (nSPS) is 20.4. The highest BCUT2D eigenvalue weighted by Crippen LogP contribution is 2.36. The summed E-state index contributed by atoms with van der Waals surface area (Å²) in [5, 5.41) is 0. The zero-order valence-electron chi connectivity index (χ0n) is 16.0. The molecule has 0 aromatic heterocycles. The number of halogens is 2. The lowest BCUT2D eigenvalue weighted by molar-refractivity contribution is -0.123. The van der Waals surface area contributed by atoms with Gasteiger partial charge in [0.15, 0.2) is 0 Å². The Morgan fingerprint density at radius 2 is 2.10 bits per heavy atom. The monoisotopic (exact) mass is 507 g/mol. The Bertz CT molecular complexity index is 990. The summed E-state index contributed by atoms with van der Waals surface area (Å²) in [6.45, 7) is 1.53. The Morgan fingerprint density at radius 3 is 2.83 bits per heavy atom. The predicted molar refractivity (Wildman–Crippen MR) is 124 cm³/mol. The molecule has 2 aliphatic rings. The molecule has 0 aliphatic carbocycles. The smallest absolute Gasteiger partial charge is 0.266 e. The van der Waals surface area contributed by atoms with Gasteiger partial charge in [0.1, 0.15) is 22.5 Å². The van der Waals surface area contributed by atoms with Crippen LogP contribution in [0.1, 0.15) is 24.0 Å². The third-order valence-electron chi connectivity index (χ3n) is 4.85. The third kappa shape index (κ3) is 5.11. The molecule has 2 heterocycles. The first-order valence-electron chi connectivity index (χ1n) is 9.53. The molecule has 0 spiro atoms. The number of benzene rings is 2. The van der Waals surface area contributed by atoms with Gasteiger partial charge in [-0.15, -0.1) is 0 Å². The SMILES string of the molecule is O=C1/C(=C/c2cc(Br)ccc2OCc2ccc(F)cc2)SC(=S)N1C[C@H]1CCCO1. The van der Waals surface area contributed by atoms with E-state index < -0.39 is 0 Å². The van der Waals surface area contributed by atoms with Crippen LogP contribution in [0, 0.1) is 5.82 Å². The molecule has 2 aromatic rings. The molecule has 2 fully saturated rings. The first-order chi connectivity index (χ1) is 14.5. The fourth-order valence-corrected chi connectivity index (χ4v) is 4.94. The van der Waals surface area contributed by atoms with E-state index in [0.29, 0.717) is 28.1 Å². The van der Waals surface area contributed by atoms with E-state index in [1.807, 2.05) is 18.2 Å². The van der Waals surface area contributed by atoms with Crippen molar-refractivity contribution in [3.05, 3.63) is 68.8 Å². The van der Waals surface area contributed by atoms with Crippen LogP contribution < -0.4 is 4.74 Å². The molecule has 1 atom stereocenters. The number of nitrogens with zero attached hydrogens (tertiary/aromatic N) is 1. The van der Waals surface area contributed by atoms with E-state index in [1.54, 1.807) is 23.1 Å². The molecule has 0 saturated carbocycles. The summed E-state index contributed by atoms with van der Waals surface area (Å²) in [5.74, 6) is 0.241. The van der Waals surface area contributed by atoms with Gasteiger partial charge in [-0.25, -0.2) is 4.39 Å². The molecular weight excluding hydrogens is 489 g/mol. The van der Waals surface area contributed by atoms with E-state index in [1.165, 1.54) is 23.9 Å². The summed E-state index contributed by atoms with van der Waals surface area (Å²) >= 11 is 10.2. The van der Waals surface area contributed by atoms with Gasteiger partial charge in [0, 0.05) is 16.6 Å². The van der Waals surface area contributed by atoms with Gasteiger partial charge >= 0.3 is 0 Å². The van der Waals surface area contributed by atoms with Crippen molar-refractivity contribution in [3.8, 4) is 5.75 Å². The van der Waals surface area contributed by atoms with E-state index in [2.05, 4.69) is 15.9 Å². The van der Waals surface area contributed by atoms with Crippen molar-refractivity contribution in [1.29, 1.82) is 0 Å². The Labute approximate surface area is 192 Å². The van der Waals surface area contributed by atoms with Crippen LogP contribution in [0.4, 0.5) is 4.39 Å². The second kappa shape index (κ2) is 9.60. The number of carbonyl (C=O) groups excluding carboxylic acids is 1. The minimum atomic E-state index is -0.284. The molecule has 4 nitrogen and oxygen atoms in total. The largest absolute Gasteiger partial charge is 0.488 e. The number of thioether (sulfide) groups is 1. The summed E-state index contributed by atoms with van der Waals surface area (Å²) < 4.78 is 26.1. The van der Waals surface area contributed by atoms with Crippen LogP contribution in [0.3, 0.4) is 0 Å². The summed E-state index contributed by atoms with van der Waals surface area (Å²) in [5.41, 5.74) is 1.62. The summed E-state index contributed by atoms with van der Waals surface area (Å²) in [4.78, 5) is 15.1. The highest BCUT2D eigenvalue weighted by molar-refractivity contribution is 9.10. The molecule has 2 aliphatic heterocycles. The topological polar surface area (TPSA) is 38.8 Å². The maximum absolute atomic E-state index is 13.1. The summed E-state index contributed by atoms with van der Waals surface area (Å²) in [7, 11) is 0. The van der Waals surface area contributed by atoms with Crippen LogP contribution in [0.25, 0.3) is 6.08 Å². The number of ether oxygens (including phenoxy) is 2. The minimum Gasteiger partial charge on any atom is -0.488 e. The van der Waals surface area contributed by atoms with Gasteiger partial charge in [0.05, 0.1) is 17.6 Å². The molecular formula is C22H19BrFNO3S2. The van der Waals surface area contributed by atoms with Crippen LogP contribution >= 0.6 is 39.9 Å². The fourth-order valence-electron chi connectivity index (χ4n) is 3.30. The van der Waals surface area contributed by atoms with Crippen LogP contribution in [0.5, 0.6) is 5.75 Å². The predicted octanol–water partition coefficient (Wildman–Crippen LogP) is 5.55. The van der Waals surface area contributed by atoms with Gasteiger partial charge < -0.3 is 9.47 Å². The van der Waals surface area contributed by atoms with E-state index in [-0.39, 0.29) is 17.8 Å². The summed E-state index contributed by atoms with van der Waals surface area (Å²) in [6.07, 6.45) is 3.82. The van der Waals surface area contributed by atoms with Crippen molar-refractivity contribution in [3.63, 3.8) is 0 Å². The van der Waals surface area contributed by atoms with Crippen LogP contribution in [-0.2, 0) is 16.1 Å². The average molecular weight is 508 g/mol. The highest BCUT2D eigenvalue weighted by Gasteiger charge is 2.34. The van der Waals surface area contributed by atoms with Crippen molar-refractivity contribution in [1.82, 2.24) is 4.90 Å². The number of hydrogen-bond donors (Lipinski definition) is 0. The van der Waals surface area contributed by atoms with E-state index in [9.17, 15) is 9.18 Å². The standard InChI is InChI=1S/C22H19BrFNO3S2/c23-16-5-8-19(28-13-14-3-6-17(24)7-4-14)15(10-16)11-20-21(26)25(22(29)30-20)12-18-2-1-9-27-18/h3-8,10-11,18H,1-2,9,12-13H2/b20-11-/t18-/m1/s1.